The minimum Gasteiger partial charge on any atom is -0.294 e. The van der Waals surface area contributed by atoms with Gasteiger partial charge in [-0.05, 0) is 42.2 Å². The van der Waals surface area contributed by atoms with Gasteiger partial charge < -0.3 is 0 Å². The summed E-state index contributed by atoms with van der Waals surface area (Å²) in [5.74, 6) is 0.340. The number of nitrogens with zero attached hydrogens (tertiary/aromatic N) is 1. The topological polar surface area (TPSA) is 30.0 Å². The Morgan fingerprint density at radius 3 is 2.81 bits per heavy atom. The molecule has 2 aromatic rings. The van der Waals surface area contributed by atoms with Gasteiger partial charge in [0.15, 0.2) is 5.78 Å². The number of thioether (sulfide) groups is 1. The second kappa shape index (κ2) is 6.35. The summed E-state index contributed by atoms with van der Waals surface area (Å²) in [4.78, 5) is 20.6. The lowest BCUT2D eigenvalue weighted by Gasteiger charge is -2.44. The van der Waals surface area contributed by atoms with Crippen molar-refractivity contribution in [2.45, 2.75) is 56.8 Å². The van der Waals surface area contributed by atoms with Crippen LogP contribution in [-0.2, 0) is 16.6 Å². The third kappa shape index (κ3) is 2.61. The maximum absolute atomic E-state index is 13.4. The number of benzene rings is 1. The normalized spacial score (nSPS) is 24.4. The fraction of sp³-hybridized carbons (Fsp3) is 0.455. The average Bonchev–Trinajstić information content (AvgIpc) is 3.07. The van der Waals surface area contributed by atoms with Crippen LogP contribution < -0.4 is 0 Å². The molecule has 0 bridgehead atoms. The van der Waals surface area contributed by atoms with Gasteiger partial charge in [0.25, 0.3) is 0 Å². The van der Waals surface area contributed by atoms with Gasteiger partial charge in [-0.3, -0.25) is 4.79 Å². The van der Waals surface area contributed by atoms with Gasteiger partial charge in [-0.25, -0.2) is 4.98 Å². The Balaban J connectivity index is 2.02. The standard InChI is InChI=1S/C22H25NOS2/c1-5-22(15-7-6-8-16(10-15)25-4)19-14(9-17-20(22)26-13-23-17)11-21(2,3)12-18(19)24/h6-8,10,13H,5,9,11-12H2,1-4H3. The van der Waals surface area contributed by atoms with E-state index in [9.17, 15) is 4.79 Å². The molecule has 0 aliphatic heterocycles. The van der Waals surface area contributed by atoms with Crippen molar-refractivity contribution in [3.05, 3.63) is 57.1 Å². The van der Waals surface area contributed by atoms with Gasteiger partial charge in [0.05, 0.1) is 16.6 Å². The van der Waals surface area contributed by atoms with Crippen molar-refractivity contribution in [1.82, 2.24) is 4.98 Å². The molecule has 4 heteroatoms. The molecule has 1 aromatic carbocycles. The molecule has 1 unspecified atom stereocenters. The van der Waals surface area contributed by atoms with E-state index in [1.807, 2.05) is 5.51 Å². The molecule has 1 aromatic heterocycles. The number of Topliss-reactive ketones (excluding diaryl/α,β-unsaturated/α-hetero) is 1. The predicted molar refractivity (Wildman–Crippen MR) is 110 cm³/mol. The van der Waals surface area contributed by atoms with Gasteiger partial charge in [0, 0.05) is 28.2 Å². The fourth-order valence-corrected chi connectivity index (χ4v) is 6.47. The van der Waals surface area contributed by atoms with E-state index in [0.717, 1.165) is 24.8 Å². The van der Waals surface area contributed by atoms with E-state index >= 15 is 0 Å². The van der Waals surface area contributed by atoms with Crippen molar-refractivity contribution in [2.75, 3.05) is 6.26 Å². The van der Waals surface area contributed by atoms with E-state index < -0.39 is 0 Å². The predicted octanol–water partition coefficient (Wildman–Crippen LogP) is 5.80. The maximum atomic E-state index is 13.4. The highest BCUT2D eigenvalue weighted by molar-refractivity contribution is 7.98. The lowest BCUT2D eigenvalue weighted by Crippen LogP contribution is -2.42. The summed E-state index contributed by atoms with van der Waals surface area (Å²) in [6.45, 7) is 6.65. The molecule has 0 amide bonds. The Labute approximate surface area is 164 Å². The summed E-state index contributed by atoms with van der Waals surface area (Å²) in [5, 5.41) is 0. The number of fused-ring (bicyclic) bond motifs is 1. The summed E-state index contributed by atoms with van der Waals surface area (Å²) < 4.78 is 0. The minimum atomic E-state index is -0.330. The number of aromatic nitrogens is 1. The quantitative estimate of drug-likeness (QED) is 0.627. The number of thiazole rings is 1. The molecular formula is C22H25NOS2. The molecule has 136 valence electrons. The first-order chi connectivity index (χ1) is 12.4. The van der Waals surface area contributed by atoms with Crippen molar-refractivity contribution in [3.8, 4) is 0 Å². The van der Waals surface area contributed by atoms with E-state index in [-0.39, 0.29) is 10.8 Å². The third-order valence-electron chi connectivity index (χ3n) is 5.89. The molecule has 0 saturated carbocycles. The van der Waals surface area contributed by atoms with Crippen LogP contribution in [0.3, 0.4) is 0 Å². The summed E-state index contributed by atoms with van der Waals surface area (Å²) in [6.07, 6.45) is 5.48. The summed E-state index contributed by atoms with van der Waals surface area (Å²) in [5.41, 5.74) is 6.50. The lowest BCUT2D eigenvalue weighted by molar-refractivity contribution is -0.118. The van der Waals surface area contributed by atoms with Crippen molar-refractivity contribution >= 4 is 28.9 Å². The van der Waals surface area contributed by atoms with Crippen LogP contribution in [0.5, 0.6) is 0 Å². The Morgan fingerprint density at radius 1 is 1.27 bits per heavy atom. The molecule has 0 N–H and O–H groups in total. The van der Waals surface area contributed by atoms with Crippen LogP contribution in [-0.4, -0.2) is 17.0 Å². The molecule has 1 atom stereocenters. The number of ketones is 1. The molecule has 26 heavy (non-hydrogen) atoms. The number of rotatable bonds is 3. The zero-order valence-electron chi connectivity index (χ0n) is 15.9. The van der Waals surface area contributed by atoms with Crippen LogP contribution in [0.15, 0.2) is 45.8 Å². The molecule has 0 saturated heterocycles. The molecule has 2 aliphatic carbocycles. The number of hydrogen-bond donors (Lipinski definition) is 0. The monoisotopic (exact) mass is 383 g/mol. The Bertz CT molecular complexity index is 908. The third-order valence-corrected chi connectivity index (χ3v) is 7.65. The summed E-state index contributed by atoms with van der Waals surface area (Å²) in [7, 11) is 0. The zero-order valence-corrected chi connectivity index (χ0v) is 17.5. The van der Waals surface area contributed by atoms with Crippen molar-refractivity contribution < 1.29 is 4.79 Å². The van der Waals surface area contributed by atoms with Crippen LogP contribution >= 0.6 is 23.1 Å². The highest BCUT2D eigenvalue weighted by Crippen LogP contribution is 2.55. The number of allylic oxidation sites excluding steroid dienone is 2. The second-order valence-electron chi connectivity index (χ2n) is 8.22. The van der Waals surface area contributed by atoms with Crippen molar-refractivity contribution in [3.63, 3.8) is 0 Å². The van der Waals surface area contributed by atoms with Gasteiger partial charge in [0.2, 0.25) is 0 Å². The Hall–Kier alpha value is -1.39. The fourth-order valence-electron chi connectivity index (χ4n) is 4.90. The summed E-state index contributed by atoms with van der Waals surface area (Å²) in [6, 6.07) is 8.76. The van der Waals surface area contributed by atoms with E-state index in [4.69, 9.17) is 4.98 Å². The van der Waals surface area contributed by atoms with Crippen LogP contribution in [0, 0.1) is 5.41 Å². The first-order valence-electron chi connectivity index (χ1n) is 9.24. The molecule has 1 heterocycles. The highest BCUT2D eigenvalue weighted by atomic mass is 32.2. The molecule has 0 spiro atoms. The molecule has 2 aliphatic rings. The van der Waals surface area contributed by atoms with Gasteiger partial charge in [-0.2, -0.15) is 0 Å². The first-order valence-corrected chi connectivity index (χ1v) is 11.3. The first kappa shape index (κ1) is 18.0. The van der Waals surface area contributed by atoms with E-state index in [0.29, 0.717) is 12.2 Å². The molecular weight excluding hydrogens is 358 g/mol. The van der Waals surface area contributed by atoms with Gasteiger partial charge in [0.1, 0.15) is 0 Å². The zero-order chi connectivity index (χ0) is 18.5. The van der Waals surface area contributed by atoms with Crippen LogP contribution in [0.4, 0.5) is 0 Å². The molecule has 4 rings (SSSR count). The molecule has 0 fully saturated rings. The minimum absolute atomic E-state index is 0.0457. The number of carbonyl (C=O) groups is 1. The summed E-state index contributed by atoms with van der Waals surface area (Å²) >= 11 is 3.47. The second-order valence-corrected chi connectivity index (χ2v) is 9.95. The van der Waals surface area contributed by atoms with E-state index in [1.165, 1.54) is 26.6 Å². The average molecular weight is 384 g/mol. The van der Waals surface area contributed by atoms with Crippen LogP contribution in [0.2, 0.25) is 0 Å². The molecule has 0 radical (unpaired) electrons. The number of carbonyl (C=O) groups excluding carboxylic acids is 1. The highest BCUT2D eigenvalue weighted by Gasteiger charge is 2.50. The Kier molecular flexibility index (Phi) is 4.39. The van der Waals surface area contributed by atoms with E-state index in [2.05, 4.69) is 51.3 Å². The number of hydrogen-bond acceptors (Lipinski definition) is 4. The maximum Gasteiger partial charge on any atom is 0.160 e. The van der Waals surface area contributed by atoms with Crippen molar-refractivity contribution in [2.24, 2.45) is 5.41 Å². The van der Waals surface area contributed by atoms with E-state index in [1.54, 1.807) is 23.1 Å². The smallest absolute Gasteiger partial charge is 0.160 e. The van der Waals surface area contributed by atoms with Crippen LogP contribution in [0.1, 0.15) is 56.2 Å². The van der Waals surface area contributed by atoms with Gasteiger partial charge >= 0.3 is 0 Å². The largest absolute Gasteiger partial charge is 0.294 e. The van der Waals surface area contributed by atoms with Gasteiger partial charge in [-0.15, -0.1) is 23.1 Å². The van der Waals surface area contributed by atoms with Gasteiger partial charge in [-0.1, -0.05) is 38.5 Å². The Morgan fingerprint density at radius 2 is 2.08 bits per heavy atom. The molecule has 2 nitrogen and oxygen atoms in total. The lowest BCUT2D eigenvalue weighted by atomic mass is 9.59. The van der Waals surface area contributed by atoms with Crippen molar-refractivity contribution in [1.29, 1.82) is 0 Å². The SMILES string of the molecule is CCC1(c2cccc(SC)c2)C2=C(Cc3ncsc31)CC(C)(C)CC2=O. The van der Waals surface area contributed by atoms with Crippen LogP contribution in [0.25, 0.3) is 0 Å².